The molecule has 8 heteroatoms. The first kappa shape index (κ1) is 22.9. The maximum absolute atomic E-state index is 12.9. The highest BCUT2D eigenvalue weighted by Crippen LogP contribution is 2.42. The highest BCUT2D eigenvalue weighted by atomic mass is 32.2. The Morgan fingerprint density at radius 1 is 1.06 bits per heavy atom. The molecule has 1 atom stereocenters. The summed E-state index contributed by atoms with van der Waals surface area (Å²) in [6.07, 6.45) is -3.60. The fraction of sp³-hybridized carbons (Fsp3) is 0.200. The summed E-state index contributed by atoms with van der Waals surface area (Å²) < 4.78 is 38.7. The van der Waals surface area contributed by atoms with Crippen LogP contribution in [0.3, 0.4) is 0 Å². The van der Waals surface area contributed by atoms with E-state index < -0.39 is 17.6 Å². The highest BCUT2D eigenvalue weighted by molar-refractivity contribution is 8.00. The first-order valence-electron chi connectivity index (χ1n) is 10.4. The molecule has 1 N–H and O–H groups in total. The van der Waals surface area contributed by atoms with Crippen LogP contribution in [0.5, 0.6) is 0 Å². The van der Waals surface area contributed by atoms with Crippen molar-refractivity contribution in [3.63, 3.8) is 0 Å². The van der Waals surface area contributed by atoms with E-state index in [2.05, 4.69) is 12.2 Å². The van der Waals surface area contributed by atoms with Crippen LogP contribution in [-0.4, -0.2) is 17.6 Å². The summed E-state index contributed by atoms with van der Waals surface area (Å²) in [5.41, 5.74) is 2.41. The molecule has 1 aliphatic rings. The lowest BCUT2D eigenvalue weighted by Crippen LogP contribution is -2.27. The smallest absolute Gasteiger partial charge is 0.322 e. The van der Waals surface area contributed by atoms with Crippen molar-refractivity contribution in [1.82, 2.24) is 0 Å². The van der Waals surface area contributed by atoms with Crippen LogP contribution in [0.15, 0.2) is 72.8 Å². The Morgan fingerprint density at radius 2 is 1.76 bits per heavy atom. The minimum atomic E-state index is -4.52. The van der Waals surface area contributed by atoms with E-state index in [1.54, 1.807) is 17.0 Å². The van der Waals surface area contributed by atoms with Gasteiger partial charge in [-0.25, -0.2) is 0 Å². The van der Waals surface area contributed by atoms with Crippen LogP contribution in [0.4, 0.5) is 24.5 Å². The number of thioether (sulfide) groups is 1. The van der Waals surface area contributed by atoms with Crippen molar-refractivity contribution in [2.45, 2.75) is 24.9 Å². The molecule has 1 aliphatic heterocycles. The molecule has 1 heterocycles. The zero-order chi connectivity index (χ0) is 23.6. The molecule has 0 aliphatic carbocycles. The Morgan fingerprint density at radius 3 is 2.39 bits per heavy atom. The van der Waals surface area contributed by atoms with E-state index in [4.69, 9.17) is 0 Å². The third-order valence-electron chi connectivity index (χ3n) is 5.40. The number of hydrogen-bond donors (Lipinski definition) is 1. The van der Waals surface area contributed by atoms with E-state index in [1.165, 1.54) is 29.5 Å². The predicted octanol–water partition coefficient (Wildman–Crippen LogP) is 6.30. The van der Waals surface area contributed by atoms with Crippen LogP contribution in [0, 0.1) is 0 Å². The lowest BCUT2D eigenvalue weighted by molar-refractivity contribution is -0.137. The molecule has 1 fully saturated rings. The van der Waals surface area contributed by atoms with Gasteiger partial charge in [0.05, 0.1) is 11.3 Å². The Kier molecular flexibility index (Phi) is 6.47. The van der Waals surface area contributed by atoms with Crippen molar-refractivity contribution >= 4 is 35.0 Å². The summed E-state index contributed by atoms with van der Waals surface area (Å²) >= 11 is 1.52. The Hall–Kier alpha value is -3.26. The number of carbonyl (C=O) groups is 2. The number of hydrogen-bond acceptors (Lipinski definition) is 3. The predicted molar refractivity (Wildman–Crippen MR) is 124 cm³/mol. The number of amides is 2. The summed E-state index contributed by atoms with van der Waals surface area (Å²) in [5, 5.41) is 2.43. The van der Waals surface area contributed by atoms with Crippen LogP contribution < -0.4 is 10.2 Å². The zero-order valence-corrected chi connectivity index (χ0v) is 18.5. The number of anilines is 2. The van der Waals surface area contributed by atoms with E-state index in [0.29, 0.717) is 11.4 Å². The van der Waals surface area contributed by atoms with Crippen LogP contribution in [0.1, 0.15) is 39.3 Å². The van der Waals surface area contributed by atoms with Crippen molar-refractivity contribution in [2.75, 3.05) is 16.0 Å². The van der Waals surface area contributed by atoms with E-state index in [9.17, 15) is 22.8 Å². The number of nitrogens with one attached hydrogen (secondary N) is 1. The maximum Gasteiger partial charge on any atom is 0.416 e. The number of alkyl halides is 3. The van der Waals surface area contributed by atoms with E-state index in [1.807, 2.05) is 36.4 Å². The molecule has 0 unspecified atom stereocenters. The van der Waals surface area contributed by atoms with Crippen LogP contribution in [0.2, 0.25) is 0 Å². The quantitative estimate of drug-likeness (QED) is 0.476. The van der Waals surface area contributed by atoms with Crippen molar-refractivity contribution in [2.24, 2.45) is 0 Å². The summed E-state index contributed by atoms with van der Waals surface area (Å²) in [4.78, 5) is 26.7. The van der Waals surface area contributed by atoms with Gasteiger partial charge in [0.15, 0.2) is 0 Å². The SMILES string of the molecule is CCc1ccc(N2C(=O)CS[C@@H]2c2ccc(NC(=O)c3cccc(C(F)(F)F)c3)cc2)cc1. The van der Waals surface area contributed by atoms with Gasteiger partial charge < -0.3 is 5.32 Å². The Balaban J connectivity index is 1.49. The lowest BCUT2D eigenvalue weighted by Gasteiger charge is -2.24. The number of rotatable bonds is 5. The van der Waals surface area contributed by atoms with E-state index >= 15 is 0 Å². The number of benzene rings is 3. The minimum Gasteiger partial charge on any atom is -0.322 e. The third kappa shape index (κ3) is 5.06. The van der Waals surface area contributed by atoms with E-state index in [-0.39, 0.29) is 16.8 Å². The number of aryl methyl sites for hydroxylation is 1. The fourth-order valence-electron chi connectivity index (χ4n) is 3.61. The summed E-state index contributed by atoms with van der Waals surface area (Å²) in [5.74, 6) is -0.234. The normalized spacial score (nSPS) is 16.2. The zero-order valence-electron chi connectivity index (χ0n) is 17.7. The second-order valence-corrected chi connectivity index (χ2v) is 8.67. The summed E-state index contributed by atoms with van der Waals surface area (Å²) in [6, 6.07) is 19.2. The van der Waals surface area contributed by atoms with Gasteiger partial charge in [0, 0.05) is 16.9 Å². The van der Waals surface area contributed by atoms with Gasteiger partial charge in [-0.2, -0.15) is 13.2 Å². The van der Waals surface area contributed by atoms with Gasteiger partial charge in [-0.3, -0.25) is 14.5 Å². The first-order valence-corrected chi connectivity index (χ1v) is 11.4. The van der Waals surface area contributed by atoms with Gasteiger partial charge in [-0.05, 0) is 60.0 Å². The fourth-order valence-corrected chi connectivity index (χ4v) is 4.79. The van der Waals surface area contributed by atoms with Crippen molar-refractivity contribution < 1.29 is 22.8 Å². The van der Waals surface area contributed by atoms with Crippen molar-refractivity contribution in [3.8, 4) is 0 Å². The largest absolute Gasteiger partial charge is 0.416 e. The average Bonchev–Trinajstić information content (AvgIpc) is 3.20. The maximum atomic E-state index is 12.9. The molecule has 0 spiro atoms. The van der Waals surface area contributed by atoms with Crippen LogP contribution >= 0.6 is 11.8 Å². The molecular weight excluding hydrogens is 449 g/mol. The summed E-state index contributed by atoms with van der Waals surface area (Å²) in [7, 11) is 0. The topological polar surface area (TPSA) is 49.4 Å². The molecule has 0 radical (unpaired) electrons. The van der Waals surface area contributed by atoms with Gasteiger partial charge in [0.25, 0.3) is 5.91 Å². The number of nitrogens with zero attached hydrogens (tertiary/aromatic N) is 1. The first-order chi connectivity index (χ1) is 15.8. The molecule has 3 aromatic rings. The number of halogens is 3. The molecular formula is C25H21F3N2O2S. The van der Waals surface area contributed by atoms with Crippen LogP contribution in [0.25, 0.3) is 0 Å². The van der Waals surface area contributed by atoms with Crippen molar-refractivity contribution in [1.29, 1.82) is 0 Å². The Labute approximate surface area is 193 Å². The molecule has 4 rings (SSSR count). The average molecular weight is 471 g/mol. The van der Waals surface area contributed by atoms with Gasteiger partial charge in [-0.15, -0.1) is 11.8 Å². The standard InChI is InChI=1S/C25H21F3N2O2S/c1-2-16-6-12-21(13-7-16)30-22(31)15-33-24(30)17-8-10-20(11-9-17)29-23(32)18-4-3-5-19(14-18)25(26,27)28/h3-14,24H,2,15H2,1H3,(H,29,32)/t24-/m1/s1. The molecule has 4 nitrogen and oxygen atoms in total. The second kappa shape index (κ2) is 9.31. The third-order valence-corrected chi connectivity index (χ3v) is 6.61. The Bertz CT molecular complexity index is 1160. The second-order valence-electron chi connectivity index (χ2n) is 7.60. The van der Waals surface area contributed by atoms with E-state index in [0.717, 1.165) is 29.8 Å². The lowest BCUT2D eigenvalue weighted by atomic mass is 10.1. The molecule has 2 amide bonds. The minimum absolute atomic E-state index is 0.0242. The molecule has 0 saturated carbocycles. The molecule has 170 valence electrons. The number of carbonyl (C=O) groups excluding carboxylic acids is 2. The van der Waals surface area contributed by atoms with Gasteiger partial charge in [0.2, 0.25) is 5.91 Å². The summed E-state index contributed by atoms with van der Waals surface area (Å²) in [6.45, 7) is 2.07. The molecule has 0 aromatic heterocycles. The van der Waals surface area contributed by atoms with Crippen LogP contribution in [-0.2, 0) is 17.4 Å². The highest BCUT2D eigenvalue weighted by Gasteiger charge is 2.34. The molecule has 1 saturated heterocycles. The van der Waals surface area contributed by atoms with Gasteiger partial charge >= 0.3 is 6.18 Å². The monoisotopic (exact) mass is 470 g/mol. The van der Waals surface area contributed by atoms with Gasteiger partial charge in [0.1, 0.15) is 5.37 Å². The van der Waals surface area contributed by atoms with Gasteiger partial charge in [-0.1, -0.05) is 37.3 Å². The molecule has 3 aromatic carbocycles. The van der Waals surface area contributed by atoms with Crippen molar-refractivity contribution in [3.05, 3.63) is 95.1 Å². The molecule has 33 heavy (non-hydrogen) atoms. The molecule has 0 bridgehead atoms.